The van der Waals surface area contributed by atoms with Crippen LogP contribution >= 0.6 is 0 Å². The van der Waals surface area contributed by atoms with Crippen molar-refractivity contribution in [2.24, 2.45) is 7.05 Å². The number of benzene rings is 1. The number of H-pyrrole nitrogens is 1. The molecule has 19 heavy (non-hydrogen) atoms. The van der Waals surface area contributed by atoms with E-state index in [9.17, 15) is 0 Å². The summed E-state index contributed by atoms with van der Waals surface area (Å²) in [5.74, 6) is 0. The van der Waals surface area contributed by atoms with Gasteiger partial charge in [-0.25, -0.2) is 9.97 Å². The van der Waals surface area contributed by atoms with E-state index >= 15 is 0 Å². The van der Waals surface area contributed by atoms with E-state index in [0.29, 0.717) is 0 Å². The lowest BCUT2D eigenvalue weighted by molar-refractivity contribution is 0.837. The first kappa shape index (κ1) is 11.5. The van der Waals surface area contributed by atoms with Crippen LogP contribution in [0.15, 0.2) is 49.3 Å². The van der Waals surface area contributed by atoms with E-state index in [-0.39, 0.29) is 0 Å². The molecule has 2 heterocycles. The smallest absolute Gasteiger partial charge is 0.0946 e. The van der Waals surface area contributed by atoms with Gasteiger partial charge in [0.2, 0.25) is 0 Å². The first-order valence-electron chi connectivity index (χ1n) is 6.11. The lowest BCUT2D eigenvalue weighted by atomic mass is 10.1. The quantitative estimate of drug-likeness (QED) is 0.750. The van der Waals surface area contributed by atoms with Gasteiger partial charge in [-0.05, 0) is 17.7 Å². The minimum atomic E-state index is 0.764. The van der Waals surface area contributed by atoms with Crippen molar-refractivity contribution in [2.45, 2.75) is 6.54 Å². The number of anilines is 1. The van der Waals surface area contributed by atoms with Crippen LogP contribution in [0.2, 0.25) is 0 Å². The van der Waals surface area contributed by atoms with Crippen LogP contribution in [0, 0.1) is 0 Å². The number of aryl methyl sites for hydroxylation is 1. The van der Waals surface area contributed by atoms with Crippen LogP contribution in [0.5, 0.6) is 0 Å². The van der Waals surface area contributed by atoms with E-state index < -0.39 is 0 Å². The van der Waals surface area contributed by atoms with Gasteiger partial charge in [0.15, 0.2) is 0 Å². The molecule has 3 rings (SSSR count). The fourth-order valence-electron chi connectivity index (χ4n) is 1.93. The van der Waals surface area contributed by atoms with Gasteiger partial charge in [0.25, 0.3) is 0 Å². The van der Waals surface area contributed by atoms with Crippen LogP contribution in [-0.4, -0.2) is 19.5 Å². The van der Waals surface area contributed by atoms with Crippen LogP contribution in [0.25, 0.3) is 11.3 Å². The standard InChI is InChI=1S/C14H15N5/c1-19-10-16-6-13(19)7-17-12-4-2-11(3-5-12)14-8-15-9-18-14/h2-6,8-10,17H,7H2,1H3,(H,15,18). The second-order valence-corrected chi connectivity index (χ2v) is 4.39. The Bertz CT molecular complexity index is 637. The molecule has 0 bridgehead atoms. The van der Waals surface area contributed by atoms with Crippen LogP contribution in [0.4, 0.5) is 5.69 Å². The summed E-state index contributed by atoms with van der Waals surface area (Å²) in [6.07, 6.45) is 7.17. The Morgan fingerprint density at radius 3 is 2.63 bits per heavy atom. The van der Waals surface area contributed by atoms with E-state index in [1.807, 2.05) is 24.0 Å². The lowest BCUT2D eigenvalue weighted by Gasteiger charge is -2.07. The molecule has 3 aromatic rings. The number of nitrogens with one attached hydrogen (secondary N) is 2. The summed E-state index contributed by atoms with van der Waals surface area (Å²) in [5, 5.41) is 3.37. The van der Waals surface area contributed by atoms with Crippen molar-refractivity contribution < 1.29 is 0 Å². The zero-order valence-electron chi connectivity index (χ0n) is 10.7. The summed E-state index contributed by atoms with van der Waals surface area (Å²) >= 11 is 0. The maximum absolute atomic E-state index is 4.09. The monoisotopic (exact) mass is 253 g/mol. The van der Waals surface area contributed by atoms with E-state index in [1.165, 1.54) is 0 Å². The zero-order valence-corrected chi connectivity index (χ0v) is 10.7. The maximum Gasteiger partial charge on any atom is 0.0946 e. The van der Waals surface area contributed by atoms with Crippen molar-refractivity contribution in [1.29, 1.82) is 0 Å². The Labute approximate surface area is 111 Å². The minimum absolute atomic E-state index is 0.764. The molecule has 5 nitrogen and oxygen atoms in total. The average Bonchev–Trinajstić information content (AvgIpc) is 3.09. The lowest BCUT2D eigenvalue weighted by Crippen LogP contribution is -2.03. The number of hydrogen-bond donors (Lipinski definition) is 2. The Balaban J connectivity index is 1.68. The van der Waals surface area contributed by atoms with Crippen LogP contribution in [0.1, 0.15) is 5.69 Å². The van der Waals surface area contributed by atoms with Gasteiger partial charge in [0, 0.05) is 18.9 Å². The first-order valence-corrected chi connectivity index (χ1v) is 6.11. The Morgan fingerprint density at radius 1 is 1.16 bits per heavy atom. The maximum atomic E-state index is 4.09. The van der Waals surface area contributed by atoms with Crippen molar-refractivity contribution in [3.05, 3.63) is 55.0 Å². The third kappa shape index (κ3) is 2.49. The number of hydrogen-bond acceptors (Lipinski definition) is 3. The first-order chi connectivity index (χ1) is 9.33. The number of rotatable bonds is 4. The van der Waals surface area contributed by atoms with E-state index in [2.05, 4.69) is 44.5 Å². The summed E-state index contributed by atoms with van der Waals surface area (Å²) < 4.78 is 2.01. The molecule has 0 fully saturated rings. The number of aromatic nitrogens is 4. The number of nitrogens with zero attached hydrogens (tertiary/aromatic N) is 3. The van der Waals surface area contributed by atoms with Crippen molar-refractivity contribution in [3.8, 4) is 11.3 Å². The molecule has 2 aromatic heterocycles. The predicted octanol–water partition coefficient (Wildman–Crippen LogP) is 2.42. The van der Waals surface area contributed by atoms with Crippen LogP contribution < -0.4 is 5.32 Å². The SMILES string of the molecule is Cn1cncc1CNc1ccc(-c2cnc[nH]2)cc1. The highest BCUT2D eigenvalue weighted by Gasteiger charge is 2.00. The molecular formula is C14H15N5. The molecule has 0 unspecified atom stereocenters. The van der Waals surface area contributed by atoms with E-state index in [4.69, 9.17) is 0 Å². The summed E-state index contributed by atoms with van der Waals surface area (Å²) in [6.45, 7) is 0.764. The zero-order chi connectivity index (χ0) is 13.1. The van der Waals surface area contributed by atoms with Gasteiger partial charge in [-0.1, -0.05) is 12.1 Å². The highest BCUT2D eigenvalue weighted by Crippen LogP contribution is 2.19. The fraction of sp³-hybridized carbons (Fsp3) is 0.143. The molecular weight excluding hydrogens is 238 g/mol. The molecule has 5 heteroatoms. The van der Waals surface area contributed by atoms with Crippen molar-refractivity contribution >= 4 is 5.69 Å². The van der Waals surface area contributed by atoms with Crippen molar-refractivity contribution in [3.63, 3.8) is 0 Å². The molecule has 0 saturated heterocycles. The summed E-state index contributed by atoms with van der Waals surface area (Å²) in [6, 6.07) is 8.26. The van der Waals surface area contributed by atoms with Gasteiger partial charge >= 0.3 is 0 Å². The average molecular weight is 253 g/mol. The molecule has 0 aliphatic heterocycles. The van der Waals surface area contributed by atoms with E-state index in [0.717, 1.165) is 29.2 Å². The fourth-order valence-corrected chi connectivity index (χ4v) is 1.93. The van der Waals surface area contributed by atoms with Gasteiger partial charge in [-0.15, -0.1) is 0 Å². The second-order valence-electron chi connectivity index (χ2n) is 4.39. The molecule has 0 aliphatic carbocycles. The topological polar surface area (TPSA) is 58.5 Å². The van der Waals surface area contributed by atoms with Gasteiger partial charge in [0.1, 0.15) is 0 Å². The minimum Gasteiger partial charge on any atom is -0.379 e. The predicted molar refractivity (Wildman–Crippen MR) is 74.6 cm³/mol. The Hall–Kier alpha value is -2.56. The number of aromatic amines is 1. The molecule has 0 spiro atoms. The molecule has 96 valence electrons. The molecule has 0 aliphatic rings. The second kappa shape index (κ2) is 4.97. The third-order valence-corrected chi connectivity index (χ3v) is 3.08. The normalized spacial score (nSPS) is 10.6. The van der Waals surface area contributed by atoms with Gasteiger partial charge in [-0.3, -0.25) is 0 Å². The third-order valence-electron chi connectivity index (χ3n) is 3.08. The highest BCUT2D eigenvalue weighted by molar-refractivity contribution is 5.61. The van der Waals surface area contributed by atoms with Gasteiger partial charge < -0.3 is 14.9 Å². The van der Waals surface area contributed by atoms with Gasteiger partial charge in [0.05, 0.1) is 36.8 Å². The van der Waals surface area contributed by atoms with Crippen molar-refractivity contribution in [2.75, 3.05) is 5.32 Å². The largest absolute Gasteiger partial charge is 0.379 e. The van der Waals surface area contributed by atoms with Crippen molar-refractivity contribution in [1.82, 2.24) is 19.5 Å². The molecule has 1 aromatic carbocycles. The molecule has 0 atom stereocenters. The summed E-state index contributed by atoms with van der Waals surface area (Å²) in [5.41, 5.74) is 4.39. The Morgan fingerprint density at radius 2 is 2.00 bits per heavy atom. The van der Waals surface area contributed by atoms with Crippen LogP contribution in [0.3, 0.4) is 0 Å². The Kier molecular flexibility index (Phi) is 3.02. The van der Waals surface area contributed by atoms with Crippen LogP contribution in [-0.2, 0) is 13.6 Å². The van der Waals surface area contributed by atoms with E-state index in [1.54, 1.807) is 12.7 Å². The molecule has 2 N–H and O–H groups in total. The summed E-state index contributed by atoms with van der Waals surface area (Å²) in [4.78, 5) is 11.2. The molecule has 0 radical (unpaired) electrons. The number of imidazole rings is 2. The summed E-state index contributed by atoms with van der Waals surface area (Å²) in [7, 11) is 1.99. The molecule has 0 saturated carbocycles. The van der Waals surface area contributed by atoms with Gasteiger partial charge in [-0.2, -0.15) is 0 Å². The molecule has 0 amide bonds. The highest BCUT2D eigenvalue weighted by atomic mass is 15.0.